The molecule has 1 aliphatic rings. The van der Waals surface area contributed by atoms with E-state index >= 15 is 0 Å². The zero-order chi connectivity index (χ0) is 15.4. The van der Waals surface area contributed by atoms with Gasteiger partial charge < -0.3 is 5.32 Å². The summed E-state index contributed by atoms with van der Waals surface area (Å²) in [6.07, 6.45) is 0. The highest BCUT2D eigenvalue weighted by Crippen LogP contribution is 2.27. The molecule has 1 unspecified atom stereocenters. The van der Waals surface area contributed by atoms with Gasteiger partial charge in [-0.3, -0.25) is 10.1 Å². The molecule has 3 rings (SSSR count). The average molecular weight is 284 g/mol. The van der Waals surface area contributed by atoms with E-state index in [0.717, 1.165) is 16.6 Å². The number of carbonyl (C=O) groups excluding carboxylic acids is 2. The highest BCUT2D eigenvalue weighted by Gasteiger charge is 2.46. The molecule has 2 heterocycles. The number of amides is 3. The molecule has 2 aromatic rings. The first-order valence-corrected chi connectivity index (χ1v) is 6.71. The zero-order valence-corrected chi connectivity index (χ0v) is 12.4. The second kappa shape index (κ2) is 4.25. The van der Waals surface area contributed by atoms with Gasteiger partial charge in [0.15, 0.2) is 5.54 Å². The van der Waals surface area contributed by atoms with Crippen LogP contribution in [-0.2, 0) is 10.3 Å². The second-order valence-electron chi connectivity index (χ2n) is 5.62. The SMILES string of the molecule is Cc1cc2nc(C)c(C3(C)NC(=O)NC3=O)nc2cc1C. The van der Waals surface area contributed by atoms with Crippen molar-refractivity contribution in [2.45, 2.75) is 33.2 Å². The van der Waals surface area contributed by atoms with Crippen LogP contribution >= 0.6 is 0 Å². The summed E-state index contributed by atoms with van der Waals surface area (Å²) in [5.41, 5.74) is 3.67. The highest BCUT2D eigenvalue weighted by atomic mass is 16.2. The normalized spacial score (nSPS) is 21.5. The predicted octanol–water partition coefficient (Wildman–Crippen LogP) is 1.61. The summed E-state index contributed by atoms with van der Waals surface area (Å²) in [5, 5.41) is 4.87. The number of aromatic nitrogens is 2. The molecule has 3 amide bonds. The third kappa shape index (κ3) is 1.94. The van der Waals surface area contributed by atoms with Crippen LogP contribution in [0, 0.1) is 20.8 Å². The summed E-state index contributed by atoms with van der Waals surface area (Å²) in [5.74, 6) is -0.409. The fraction of sp³-hybridized carbons (Fsp3) is 0.333. The van der Waals surface area contributed by atoms with E-state index < -0.39 is 17.5 Å². The van der Waals surface area contributed by atoms with Crippen LogP contribution in [-0.4, -0.2) is 21.9 Å². The number of nitrogens with one attached hydrogen (secondary N) is 2. The Bertz CT molecular complexity index is 800. The molecule has 1 fully saturated rings. The van der Waals surface area contributed by atoms with Crippen molar-refractivity contribution in [3.8, 4) is 0 Å². The van der Waals surface area contributed by atoms with Crippen molar-refractivity contribution in [3.63, 3.8) is 0 Å². The maximum atomic E-state index is 12.1. The van der Waals surface area contributed by atoms with Gasteiger partial charge in [-0.05, 0) is 51.0 Å². The van der Waals surface area contributed by atoms with E-state index in [1.807, 2.05) is 26.0 Å². The molecule has 0 aliphatic carbocycles. The van der Waals surface area contributed by atoms with Crippen LogP contribution in [0.2, 0.25) is 0 Å². The third-order valence-electron chi connectivity index (χ3n) is 3.97. The molecule has 6 nitrogen and oxygen atoms in total. The minimum absolute atomic E-state index is 0.409. The quantitative estimate of drug-likeness (QED) is 0.779. The van der Waals surface area contributed by atoms with Gasteiger partial charge in [-0.25, -0.2) is 14.8 Å². The molecule has 0 saturated carbocycles. The van der Waals surface area contributed by atoms with E-state index in [0.29, 0.717) is 16.9 Å². The molecule has 1 aromatic carbocycles. The Morgan fingerprint density at radius 1 is 1.00 bits per heavy atom. The Morgan fingerprint density at radius 3 is 2.10 bits per heavy atom. The van der Waals surface area contributed by atoms with Gasteiger partial charge in [0, 0.05) is 0 Å². The molecular weight excluding hydrogens is 268 g/mol. The van der Waals surface area contributed by atoms with Crippen molar-refractivity contribution in [1.82, 2.24) is 20.6 Å². The van der Waals surface area contributed by atoms with Gasteiger partial charge >= 0.3 is 6.03 Å². The number of imide groups is 1. The maximum Gasteiger partial charge on any atom is 0.322 e. The summed E-state index contributed by atoms with van der Waals surface area (Å²) in [4.78, 5) is 32.6. The Hall–Kier alpha value is -2.50. The van der Waals surface area contributed by atoms with Gasteiger partial charge in [-0.15, -0.1) is 0 Å². The monoisotopic (exact) mass is 284 g/mol. The summed E-state index contributed by atoms with van der Waals surface area (Å²) in [6.45, 7) is 7.45. The molecule has 1 aromatic heterocycles. The van der Waals surface area contributed by atoms with E-state index in [4.69, 9.17) is 0 Å². The van der Waals surface area contributed by atoms with Gasteiger partial charge in [-0.1, -0.05) is 0 Å². The highest BCUT2D eigenvalue weighted by molar-refractivity contribution is 6.07. The number of rotatable bonds is 1. The van der Waals surface area contributed by atoms with Gasteiger partial charge in [0.25, 0.3) is 5.91 Å². The Morgan fingerprint density at radius 2 is 1.57 bits per heavy atom. The third-order valence-corrected chi connectivity index (χ3v) is 3.97. The van der Waals surface area contributed by atoms with E-state index in [9.17, 15) is 9.59 Å². The van der Waals surface area contributed by atoms with Crippen LogP contribution < -0.4 is 10.6 Å². The molecule has 0 spiro atoms. The number of hydrogen-bond acceptors (Lipinski definition) is 4. The smallest absolute Gasteiger partial charge is 0.318 e. The lowest BCUT2D eigenvalue weighted by molar-refractivity contribution is -0.123. The van der Waals surface area contributed by atoms with Crippen molar-refractivity contribution >= 4 is 23.0 Å². The maximum absolute atomic E-state index is 12.1. The zero-order valence-electron chi connectivity index (χ0n) is 12.4. The van der Waals surface area contributed by atoms with Crippen molar-refractivity contribution < 1.29 is 9.59 Å². The van der Waals surface area contributed by atoms with E-state index in [-0.39, 0.29) is 0 Å². The fourth-order valence-electron chi connectivity index (χ4n) is 2.58. The minimum atomic E-state index is -1.18. The largest absolute Gasteiger partial charge is 0.322 e. The van der Waals surface area contributed by atoms with Crippen LogP contribution in [0.5, 0.6) is 0 Å². The van der Waals surface area contributed by atoms with Crippen LogP contribution in [0.1, 0.15) is 29.4 Å². The van der Waals surface area contributed by atoms with E-state index in [2.05, 4.69) is 20.6 Å². The Kier molecular flexibility index (Phi) is 2.73. The van der Waals surface area contributed by atoms with Gasteiger partial charge in [0.2, 0.25) is 0 Å². The molecule has 1 atom stereocenters. The second-order valence-corrected chi connectivity index (χ2v) is 5.62. The average Bonchev–Trinajstić information content (AvgIpc) is 2.65. The number of urea groups is 1. The molecule has 1 aliphatic heterocycles. The Balaban J connectivity index is 2.24. The van der Waals surface area contributed by atoms with Crippen LogP contribution in [0.25, 0.3) is 11.0 Å². The molecule has 1 saturated heterocycles. The molecule has 0 bridgehead atoms. The lowest BCUT2D eigenvalue weighted by atomic mass is 9.95. The molecule has 21 heavy (non-hydrogen) atoms. The first-order valence-electron chi connectivity index (χ1n) is 6.71. The van der Waals surface area contributed by atoms with Crippen molar-refractivity contribution in [3.05, 3.63) is 34.6 Å². The number of fused-ring (bicyclic) bond motifs is 1. The molecule has 0 radical (unpaired) electrons. The van der Waals surface area contributed by atoms with Crippen LogP contribution in [0.15, 0.2) is 12.1 Å². The van der Waals surface area contributed by atoms with E-state index in [1.165, 1.54) is 0 Å². The van der Waals surface area contributed by atoms with Crippen molar-refractivity contribution in [1.29, 1.82) is 0 Å². The number of hydrogen-bond donors (Lipinski definition) is 2. The van der Waals surface area contributed by atoms with Gasteiger partial charge in [0.1, 0.15) is 0 Å². The van der Waals surface area contributed by atoms with Crippen molar-refractivity contribution in [2.75, 3.05) is 0 Å². The summed E-state index contributed by atoms with van der Waals surface area (Å²) in [7, 11) is 0. The summed E-state index contributed by atoms with van der Waals surface area (Å²) in [6, 6.07) is 3.41. The number of carbonyl (C=O) groups is 2. The number of nitrogens with zero attached hydrogens (tertiary/aromatic N) is 2. The van der Waals surface area contributed by atoms with E-state index in [1.54, 1.807) is 13.8 Å². The van der Waals surface area contributed by atoms with Crippen molar-refractivity contribution in [2.24, 2.45) is 0 Å². The topological polar surface area (TPSA) is 84.0 Å². The van der Waals surface area contributed by atoms with Crippen LogP contribution in [0.3, 0.4) is 0 Å². The molecular formula is C15H16N4O2. The van der Waals surface area contributed by atoms with Crippen LogP contribution in [0.4, 0.5) is 4.79 Å². The van der Waals surface area contributed by atoms with Gasteiger partial charge in [-0.2, -0.15) is 0 Å². The number of aryl methyl sites for hydroxylation is 3. The summed E-state index contributed by atoms with van der Waals surface area (Å²) < 4.78 is 0. The molecule has 2 N–H and O–H groups in total. The lowest BCUT2D eigenvalue weighted by Gasteiger charge is -2.22. The first-order chi connectivity index (χ1) is 9.81. The fourth-order valence-corrected chi connectivity index (χ4v) is 2.58. The number of benzene rings is 1. The predicted molar refractivity (Wildman–Crippen MR) is 77.8 cm³/mol. The minimum Gasteiger partial charge on any atom is -0.318 e. The standard InChI is InChI=1S/C15H16N4O2/c1-7-5-10-11(6-8(7)2)17-12(9(3)16-10)15(4)13(20)18-14(21)19-15/h5-6H,1-4H3,(H2,18,19,20,21). The molecule has 108 valence electrons. The lowest BCUT2D eigenvalue weighted by Crippen LogP contribution is -2.42. The Labute approximate surface area is 122 Å². The molecule has 6 heteroatoms. The summed E-state index contributed by atoms with van der Waals surface area (Å²) >= 11 is 0. The first kappa shape index (κ1) is 13.5. The van der Waals surface area contributed by atoms with Gasteiger partial charge in [0.05, 0.1) is 22.4 Å².